The molecule has 0 N–H and O–H groups in total. The van der Waals surface area contributed by atoms with E-state index in [0.717, 1.165) is 35.1 Å². The van der Waals surface area contributed by atoms with E-state index in [1.54, 1.807) is 24.1 Å². The van der Waals surface area contributed by atoms with Crippen LogP contribution in [0.5, 0.6) is 0 Å². The van der Waals surface area contributed by atoms with Crippen molar-refractivity contribution < 1.29 is 8.94 Å². The Labute approximate surface area is 182 Å². The summed E-state index contributed by atoms with van der Waals surface area (Å²) in [6.07, 6.45) is 7.63. The van der Waals surface area contributed by atoms with E-state index in [1.165, 1.54) is 19.3 Å². The third-order valence-electron chi connectivity index (χ3n) is 5.25. The minimum Gasteiger partial charge on any atom is -0.461 e. The lowest BCUT2D eigenvalue weighted by molar-refractivity contribution is 0.337. The molecule has 4 aromatic rings. The lowest BCUT2D eigenvalue weighted by Crippen LogP contribution is -2.15. The fourth-order valence-corrected chi connectivity index (χ4v) is 4.87. The van der Waals surface area contributed by atoms with Crippen molar-refractivity contribution in [1.29, 1.82) is 0 Å². The summed E-state index contributed by atoms with van der Waals surface area (Å²) >= 11 is 7.79. The zero-order valence-corrected chi connectivity index (χ0v) is 17.8. The van der Waals surface area contributed by atoms with E-state index in [4.69, 9.17) is 20.5 Å². The number of benzene rings is 1. The van der Waals surface area contributed by atoms with Gasteiger partial charge in [-0.1, -0.05) is 59.9 Å². The highest BCUT2D eigenvalue weighted by Gasteiger charge is 2.25. The van der Waals surface area contributed by atoms with Crippen LogP contribution in [0.4, 0.5) is 0 Å². The molecule has 0 unspecified atom stereocenters. The third kappa shape index (κ3) is 3.89. The standard InChI is InChI=1S/C21H20ClN5O2S/c22-16-10-5-4-9-15(16)20-23-18(26-29-20)13-30-21-25-24-19(17-11-6-12-28-17)27(21)14-7-2-1-3-8-14/h4-6,9-12,14H,1-3,7-8,13H2. The molecule has 1 aliphatic rings. The normalized spacial score (nSPS) is 15.0. The van der Waals surface area contributed by atoms with Gasteiger partial charge in [0, 0.05) is 6.04 Å². The molecule has 0 amide bonds. The summed E-state index contributed by atoms with van der Waals surface area (Å²) < 4.78 is 13.2. The van der Waals surface area contributed by atoms with Gasteiger partial charge in [0.15, 0.2) is 16.7 Å². The minimum atomic E-state index is 0.375. The summed E-state index contributed by atoms with van der Waals surface area (Å²) in [7, 11) is 0. The highest BCUT2D eigenvalue weighted by atomic mass is 35.5. The van der Waals surface area contributed by atoms with Gasteiger partial charge in [-0.25, -0.2) is 0 Å². The van der Waals surface area contributed by atoms with E-state index in [-0.39, 0.29) is 0 Å². The first-order valence-corrected chi connectivity index (χ1v) is 11.3. The van der Waals surface area contributed by atoms with Crippen LogP contribution in [-0.4, -0.2) is 24.9 Å². The van der Waals surface area contributed by atoms with Crippen LogP contribution in [0, 0.1) is 0 Å². The second-order valence-corrected chi connectivity index (χ2v) is 8.58. The summed E-state index contributed by atoms with van der Waals surface area (Å²) in [4.78, 5) is 4.50. The summed E-state index contributed by atoms with van der Waals surface area (Å²) in [6.45, 7) is 0. The summed E-state index contributed by atoms with van der Waals surface area (Å²) in [5.74, 6) is 3.05. The molecule has 0 saturated heterocycles. The Morgan fingerprint density at radius 2 is 1.93 bits per heavy atom. The molecule has 1 saturated carbocycles. The first kappa shape index (κ1) is 19.4. The van der Waals surface area contributed by atoms with Gasteiger partial charge in [0.2, 0.25) is 5.82 Å². The van der Waals surface area contributed by atoms with Crippen LogP contribution >= 0.6 is 23.4 Å². The smallest absolute Gasteiger partial charge is 0.259 e. The van der Waals surface area contributed by atoms with Gasteiger partial charge in [0.1, 0.15) is 0 Å². The highest BCUT2D eigenvalue weighted by Crippen LogP contribution is 2.36. The molecule has 0 spiro atoms. The van der Waals surface area contributed by atoms with Gasteiger partial charge in [0.25, 0.3) is 5.89 Å². The predicted molar refractivity (Wildman–Crippen MR) is 114 cm³/mol. The Morgan fingerprint density at radius 1 is 1.07 bits per heavy atom. The van der Waals surface area contributed by atoms with Crippen molar-refractivity contribution in [3.05, 3.63) is 53.5 Å². The van der Waals surface area contributed by atoms with Crippen molar-refractivity contribution in [2.24, 2.45) is 0 Å². The van der Waals surface area contributed by atoms with Gasteiger partial charge >= 0.3 is 0 Å². The van der Waals surface area contributed by atoms with Crippen LogP contribution < -0.4 is 0 Å². The van der Waals surface area contributed by atoms with E-state index in [2.05, 4.69) is 24.9 Å². The number of nitrogens with zero attached hydrogens (tertiary/aromatic N) is 5. The molecule has 1 aliphatic carbocycles. The van der Waals surface area contributed by atoms with Crippen molar-refractivity contribution >= 4 is 23.4 Å². The monoisotopic (exact) mass is 441 g/mol. The second kappa shape index (κ2) is 8.65. The molecule has 0 bridgehead atoms. The van der Waals surface area contributed by atoms with Crippen LogP contribution in [0.15, 0.2) is 56.8 Å². The highest BCUT2D eigenvalue weighted by molar-refractivity contribution is 7.98. The Hall–Kier alpha value is -2.58. The molecular formula is C21H20ClN5O2S. The van der Waals surface area contributed by atoms with Gasteiger partial charge in [-0.3, -0.25) is 4.57 Å². The van der Waals surface area contributed by atoms with Gasteiger partial charge in [-0.15, -0.1) is 10.2 Å². The molecule has 154 valence electrons. The zero-order chi connectivity index (χ0) is 20.3. The number of hydrogen-bond donors (Lipinski definition) is 0. The topological polar surface area (TPSA) is 82.8 Å². The molecule has 0 aliphatic heterocycles. The van der Waals surface area contributed by atoms with Gasteiger partial charge in [-0.05, 0) is 37.1 Å². The molecule has 3 heterocycles. The van der Waals surface area contributed by atoms with Crippen molar-refractivity contribution in [2.75, 3.05) is 0 Å². The number of thioether (sulfide) groups is 1. The molecule has 30 heavy (non-hydrogen) atoms. The molecule has 1 fully saturated rings. The molecular weight excluding hydrogens is 422 g/mol. The lowest BCUT2D eigenvalue weighted by Gasteiger charge is -2.25. The number of rotatable bonds is 6. The van der Waals surface area contributed by atoms with Crippen molar-refractivity contribution in [3.8, 4) is 23.0 Å². The van der Waals surface area contributed by atoms with Gasteiger partial charge in [0.05, 0.1) is 22.6 Å². The second-order valence-electron chi connectivity index (χ2n) is 7.23. The maximum absolute atomic E-state index is 6.24. The van der Waals surface area contributed by atoms with Crippen molar-refractivity contribution in [2.45, 2.75) is 49.1 Å². The first-order chi connectivity index (χ1) is 14.8. The van der Waals surface area contributed by atoms with Crippen LogP contribution in [0.1, 0.15) is 44.0 Å². The molecule has 0 atom stereocenters. The summed E-state index contributed by atoms with van der Waals surface area (Å²) in [6, 6.07) is 11.6. The molecule has 1 aromatic carbocycles. The number of hydrogen-bond acceptors (Lipinski definition) is 7. The molecule has 3 aromatic heterocycles. The average Bonchev–Trinajstić information content (AvgIpc) is 3.53. The van der Waals surface area contributed by atoms with E-state index in [1.807, 2.05) is 30.3 Å². The maximum atomic E-state index is 6.24. The quantitative estimate of drug-likeness (QED) is 0.337. The van der Waals surface area contributed by atoms with E-state index < -0.39 is 0 Å². The average molecular weight is 442 g/mol. The number of halogens is 1. The fourth-order valence-electron chi connectivity index (χ4n) is 3.80. The predicted octanol–water partition coefficient (Wildman–Crippen LogP) is 6.04. The fraction of sp³-hybridized carbons (Fsp3) is 0.333. The summed E-state index contributed by atoms with van der Waals surface area (Å²) in [5.41, 5.74) is 0.730. The van der Waals surface area contributed by atoms with Crippen molar-refractivity contribution in [3.63, 3.8) is 0 Å². The van der Waals surface area contributed by atoms with Crippen LogP contribution in [0.2, 0.25) is 5.02 Å². The minimum absolute atomic E-state index is 0.375. The Kier molecular flexibility index (Phi) is 5.59. The Morgan fingerprint density at radius 3 is 2.73 bits per heavy atom. The van der Waals surface area contributed by atoms with E-state index in [9.17, 15) is 0 Å². The Bertz CT molecular complexity index is 1120. The van der Waals surface area contributed by atoms with Crippen LogP contribution in [0.25, 0.3) is 23.0 Å². The van der Waals surface area contributed by atoms with Crippen LogP contribution in [0.3, 0.4) is 0 Å². The third-order valence-corrected chi connectivity index (χ3v) is 6.52. The van der Waals surface area contributed by atoms with E-state index in [0.29, 0.717) is 28.5 Å². The number of aromatic nitrogens is 5. The molecule has 0 radical (unpaired) electrons. The largest absolute Gasteiger partial charge is 0.461 e. The summed E-state index contributed by atoms with van der Waals surface area (Å²) in [5, 5.41) is 14.4. The first-order valence-electron chi connectivity index (χ1n) is 9.98. The Balaban J connectivity index is 1.38. The van der Waals surface area contributed by atoms with Crippen molar-refractivity contribution in [1.82, 2.24) is 24.9 Å². The number of furan rings is 1. The molecule has 7 nitrogen and oxygen atoms in total. The van der Waals surface area contributed by atoms with Gasteiger partial charge < -0.3 is 8.94 Å². The molecule has 9 heteroatoms. The SMILES string of the molecule is Clc1ccccc1-c1nc(CSc2nnc(-c3ccco3)n2C2CCCCC2)no1. The van der Waals surface area contributed by atoms with E-state index >= 15 is 0 Å². The zero-order valence-electron chi connectivity index (χ0n) is 16.2. The lowest BCUT2D eigenvalue weighted by atomic mass is 9.95. The maximum Gasteiger partial charge on any atom is 0.259 e. The molecule has 5 rings (SSSR count). The van der Waals surface area contributed by atoms with Crippen LogP contribution in [-0.2, 0) is 5.75 Å². The van der Waals surface area contributed by atoms with Gasteiger partial charge in [-0.2, -0.15) is 4.98 Å².